The number of carbonyl (C=O) groups is 1. The molecule has 12 heavy (non-hydrogen) atoms. The number of benzene rings is 1. The molecule has 1 aromatic carbocycles. The van der Waals surface area contributed by atoms with Crippen LogP contribution in [0.4, 0.5) is 0 Å². The molecule has 0 aromatic heterocycles. The molecule has 58 valence electrons. The van der Waals surface area contributed by atoms with E-state index in [-0.39, 0.29) is 29.6 Å². The Bertz CT molecular complexity index is 248. The zero-order chi connectivity index (χ0) is 8.27. The SMILES string of the molecule is O=C([O-])C(O)c1ccccc1.[Na+]. The van der Waals surface area contributed by atoms with Crippen molar-refractivity contribution in [1.29, 1.82) is 0 Å². The Morgan fingerprint density at radius 1 is 1.33 bits per heavy atom. The first-order chi connectivity index (χ1) is 5.22. The van der Waals surface area contributed by atoms with Gasteiger partial charge >= 0.3 is 29.6 Å². The van der Waals surface area contributed by atoms with E-state index in [0.29, 0.717) is 5.56 Å². The van der Waals surface area contributed by atoms with E-state index in [1.54, 1.807) is 18.2 Å². The first kappa shape index (κ1) is 11.6. The molecule has 0 amide bonds. The van der Waals surface area contributed by atoms with Crippen LogP contribution in [0.2, 0.25) is 0 Å². The number of carbonyl (C=O) groups excluding carboxylic acids is 1. The summed E-state index contributed by atoms with van der Waals surface area (Å²) in [6, 6.07) is 8.11. The predicted molar refractivity (Wildman–Crippen MR) is 36.4 cm³/mol. The minimum absolute atomic E-state index is 0. The van der Waals surface area contributed by atoms with E-state index in [1.165, 1.54) is 12.1 Å². The Kier molecular flexibility index (Phi) is 5.17. The average Bonchev–Trinajstić information content (AvgIpc) is 2.05. The fraction of sp³-hybridized carbons (Fsp3) is 0.125. The van der Waals surface area contributed by atoms with E-state index in [9.17, 15) is 9.90 Å². The molecule has 1 aromatic rings. The molecule has 3 nitrogen and oxygen atoms in total. The Balaban J connectivity index is 0.00000121. The third-order valence-electron chi connectivity index (χ3n) is 1.34. The molecule has 0 aliphatic carbocycles. The van der Waals surface area contributed by atoms with Gasteiger partial charge < -0.3 is 15.0 Å². The molecule has 0 aliphatic rings. The summed E-state index contributed by atoms with van der Waals surface area (Å²) >= 11 is 0. The van der Waals surface area contributed by atoms with E-state index < -0.39 is 12.1 Å². The third-order valence-corrected chi connectivity index (χ3v) is 1.34. The Labute approximate surface area is 92.3 Å². The van der Waals surface area contributed by atoms with Crippen LogP contribution >= 0.6 is 0 Å². The number of rotatable bonds is 2. The van der Waals surface area contributed by atoms with Crippen LogP contribution in [0, 0.1) is 0 Å². The fourth-order valence-electron chi connectivity index (χ4n) is 0.771. The molecule has 1 N–H and O–H groups in total. The van der Waals surface area contributed by atoms with Gasteiger partial charge in [0.05, 0.1) is 5.97 Å². The summed E-state index contributed by atoms with van der Waals surface area (Å²) in [4.78, 5) is 10.1. The van der Waals surface area contributed by atoms with Gasteiger partial charge in [-0.25, -0.2) is 0 Å². The first-order valence-corrected chi connectivity index (χ1v) is 3.15. The summed E-state index contributed by atoms with van der Waals surface area (Å²) in [6.07, 6.45) is -1.52. The number of hydrogen-bond acceptors (Lipinski definition) is 3. The molecule has 4 heteroatoms. The second-order valence-electron chi connectivity index (χ2n) is 2.13. The molecule has 0 fully saturated rings. The van der Waals surface area contributed by atoms with Crippen LogP contribution in [0.25, 0.3) is 0 Å². The van der Waals surface area contributed by atoms with Crippen LogP contribution < -0.4 is 34.7 Å². The Morgan fingerprint density at radius 2 is 1.83 bits per heavy atom. The van der Waals surface area contributed by atoms with E-state index in [4.69, 9.17) is 5.11 Å². The minimum atomic E-state index is -1.52. The van der Waals surface area contributed by atoms with Gasteiger partial charge in [-0.05, 0) is 5.56 Å². The summed E-state index contributed by atoms with van der Waals surface area (Å²) in [6.45, 7) is 0. The first-order valence-electron chi connectivity index (χ1n) is 3.15. The van der Waals surface area contributed by atoms with Crippen LogP contribution in [0.3, 0.4) is 0 Å². The molecular formula is C8H7NaO3. The van der Waals surface area contributed by atoms with Crippen molar-refractivity contribution in [2.24, 2.45) is 0 Å². The normalized spacial score (nSPS) is 11.4. The van der Waals surface area contributed by atoms with Gasteiger partial charge in [0.15, 0.2) is 0 Å². The van der Waals surface area contributed by atoms with Crippen molar-refractivity contribution < 1.29 is 44.6 Å². The van der Waals surface area contributed by atoms with Crippen LogP contribution in [-0.4, -0.2) is 11.1 Å². The standard InChI is InChI=1S/C8H8O3.Na/c9-7(8(10)11)6-4-2-1-3-5-6;/h1-5,7,9H,(H,10,11);/q;+1/p-1. The average molecular weight is 174 g/mol. The zero-order valence-electron chi connectivity index (χ0n) is 6.73. The molecule has 0 radical (unpaired) electrons. The molecule has 1 rings (SSSR count). The molecule has 0 saturated heterocycles. The summed E-state index contributed by atoms with van der Waals surface area (Å²) < 4.78 is 0. The van der Waals surface area contributed by atoms with Gasteiger partial charge in [-0.1, -0.05) is 30.3 Å². The van der Waals surface area contributed by atoms with Crippen molar-refractivity contribution in [3.05, 3.63) is 35.9 Å². The van der Waals surface area contributed by atoms with Crippen LogP contribution in [0.15, 0.2) is 30.3 Å². The number of aliphatic hydroxyl groups excluding tert-OH is 1. The second-order valence-corrected chi connectivity index (χ2v) is 2.13. The van der Waals surface area contributed by atoms with Crippen LogP contribution in [0.1, 0.15) is 11.7 Å². The molecule has 0 aliphatic heterocycles. The van der Waals surface area contributed by atoms with Gasteiger partial charge in [-0.3, -0.25) is 0 Å². The maximum Gasteiger partial charge on any atom is 1.00 e. The number of aliphatic carboxylic acids is 1. The van der Waals surface area contributed by atoms with Gasteiger partial charge in [-0.15, -0.1) is 0 Å². The Hall–Kier alpha value is -0.350. The molecular weight excluding hydrogens is 167 g/mol. The van der Waals surface area contributed by atoms with E-state index in [1.807, 2.05) is 0 Å². The minimum Gasteiger partial charge on any atom is -0.547 e. The molecule has 0 saturated carbocycles. The van der Waals surface area contributed by atoms with Crippen molar-refractivity contribution in [1.82, 2.24) is 0 Å². The van der Waals surface area contributed by atoms with Gasteiger partial charge in [0.25, 0.3) is 0 Å². The van der Waals surface area contributed by atoms with Crippen molar-refractivity contribution >= 4 is 5.97 Å². The second kappa shape index (κ2) is 5.32. The molecule has 0 heterocycles. The number of carboxylic acid groups (broad SMARTS) is 1. The Morgan fingerprint density at radius 3 is 2.25 bits per heavy atom. The molecule has 0 spiro atoms. The smallest absolute Gasteiger partial charge is 0.547 e. The monoisotopic (exact) mass is 174 g/mol. The van der Waals surface area contributed by atoms with Crippen molar-refractivity contribution in [2.75, 3.05) is 0 Å². The number of aliphatic hydroxyl groups is 1. The fourth-order valence-corrected chi connectivity index (χ4v) is 0.771. The molecule has 1 atom stereocenters. The predicted octanol–water partition coefficient (Wildman–Crippen LogP) is -3.53. The van der Waals surface area contributed by atoms with E-state index >= 15 is 0 Å². The van der Waals surface area contributed by atoms with E-state index in [0.717, 1.165) is 0 Å². The maximum absolute atomic E-state index is 10.1. The molecule has 1 unspecified atom stereocenters. The van der Waals surface area contributed by atoms with Gasteiger partial charge in [0, 0.05) is 0 Å². The van der Waals surface area contributed by atoms with Crippen molar-refractivity contribution in [3.63, 3.8) is 0 Å². The van der Waals surface area contributed by atoms with Crippen molar-refractivity contribution in [2.45, 2.75) is 6.10 Å². The summed E-state index contributed by atoms with van der Waals surface area (Å²) in [5.41, 5.74) is 0.340. The van der Waals surface area contributed by atoms with Gasteiger partial charge in [-0.2, -0.15) is 0 Å². The zero-order valence-corrected chi connectivity index (χ0v) is 8.73. The third kappa shape index (κ3) is 2.95. The van der Waals surface area contributed by atoms with E-state index in [2.05, 4.69) is 0 Å². The summed E-state index contributed by atoms with van der Waals surface area (Å²) in [7, 11) is 0. The van der Waals surface area contributed by atoms with Crippen LogP contribution in [-0.2, 0) is 4.79 Å². The van der Waals surface area contributed by atoms with Gasteiger partial charge in [0.2, 0.25) is 0 Å². The quantitative estimate of drug-likeness (QED) is 0.473. The largest absolute Gasteiger partial charge is 1.00 e. The number of hydrogen-bond donors (Lipinski definition) is 1. The van der Waals surface area contributed by atoms with Crippen LogP contribution in [0.5, 0.6) is 0 Å². The summed E-state index contributed by atoms with van der Waals surface area (Å²) in [5, 5.41) is 19.1. The topological polar surface area (TPSA) is 60.4 Å². The van der Waals surface area contributed by atoms with Crippen molar-refractivity contribution in [3.8, 4) is 0 Å². The summed E-state index contributed by atoms with van der Waals surface area (Å²) in [5.74, 6) is -1.48. The molecule has 0 bridgehead atoms. The number of carboxylic acids is 1. The maximum atomic E-state index is 10.1. The van der Waals surface area contributed by atoms with Gasteiger partial charge in [0.1, 0.15) is 6.10 Å².